The second-order valence-electron chi connectivity index (χ2n) is 8.56. The molecule has 188 valence electrons. The lowest BCUT2D eigenvalue weighted by Gasteiger charge is -2.27. The number of nitrogens with zero attached hydrogens (tertiary/aromatic N) is 2. The molecule has 11 heteroatoms. The smallest absolute Gasteiger partial charge is 0.255 e. The van der Waals surface area contributed by atoms with Crippen molar-refractivity contribution >= 4 is 34.7 Å². The summed E-state index contributed by atoms with van der Waals surface area (Å²) in [5.74, 6) is -3.84. The SMILES string of the molecule is N=C(N)N1CC=C(c2ccc(C(=O)Nc3ccc(C4=CCN(C(=N)N)CC4)c(F)c3F)cc2F)CC1. The van der Waals surface area contributed by atoms with Crippen LogP contribution in [0.5, 0.6) is 0 Å². The summed E-state index contributed by atoms with van der Waals surface area (Å²) < 4.78 is 44.4. The molecule has 0 aliphatic carbocycles. The van der Waals surface area contributed by atoms with E-state index in [1.807, 2.05) is 0 Å². The lowest BCUT2D eigenvalue weighted by Crippen LogP contribution is -2.39. The number of anilines is 1. The van der Waals surface area contributed by atoms with E-state index in [1.54, 1.807) is 22.0 Å². The summed E-state index contributed by atoms with van der Waals surface area (Å²) in [5.41, 5.74) is 12.3. The molecule has 2 aromatic carbocycles. The highest BCUT2D eigenvalue weighted by Gasteiger charge is 2.22. The first-order valence-electron chi connectivity index (χ1n) is 11.3. The van der Waals surface area contributed by atoms with E-state index in [1.165, 1.54) is 24.3 Å². The first-order chi connectivity index (χ1) is 17.2. The molecular formula is C25H26F3N7O. The van der Waals surface area contributed by atoms with Gasteiger partial charge in [0.2, 0.25) is 0 Å². The van der Waals surface area contributed by atoms with E-state index in [2.05, 4.69) is 5.32 Å². The lowest BCUT2D eigenvalue weighted by molar-refractivity contribution is 0.102. The maximum absolute atomic E-state index is 14.8. The molecule has 1 amide bonds. The minimum atomic E-state index is -1.21. The van der Waals surface area contributed by atoms with Crippen LogP contribution in [0.25, 0.3) is 11.1 Å². The summed E-state index contributed by atoms with van der Waals surface area (Å²) in [6.07, 6.45) is 4.34. The predicted octanol–water partition coefficient (Wildman–Crippen LogP) is 3.32. The predicted molar refractivity (Wildman–Crippen MR) is 133 cm³/mol. The van der Waals surface area contributed by atoms with Crippen molar-refractivity contribution in [2.24, 2.45) is 11.5 Å². The zero-order valence-corrected chi connectivity index (χ0v) is 19.4. The van der Waals surface area contributed by atoms with Crippen molar-refractivity contribution in [3.05, 3.63) is 76.6 Å². The van der Waals surface area contributed by atoms with Crippen LogP contribution in [0.3, 0.4) is 0 Å². The van der Waals surface area contributed by atoms with Crippen LogP contribution in [0, 0.1) is 28.3 Å². The number of nitrogens with two attached hydrogens (primary N) is 2. The molecule has 36 heavy (non-hydrogen) atoms. The Morgan fingerprint density at radius 2 is 1.39 bits per heavy atom. The van der Waals surface area contributed by atoms with Crippen LogP contribution in [-0.4, -0.2) is 53.8 Å². The van der Waals surface area contributed by atoms with E-state index in [0.29, 0.717) is 50.2 Å². The van der Waals surface area contributed by atoms with Gasteiger partial charge in [0, 0.05) is 42.9 Å². The zero-order valence-electron chi connectivity index (χ0n) is 19.4. The minimum absolute atomic E-state index is 0.0405. The Morgan fingerprint density at radius 1 is 0.833 bits per heavy atom. The van der Waals surface area contributed by atoms with Crippen molar-refractivity contribution in [2.75, 3.05) is 31.5 Å². The standard InChI is InChI=1S/C25H26F3N7O/c26-19-13-16(1-2-17(19)14-5-9-34(10-6-14)24(29)30)23(36)33-20-4-3-18(21(27)22(20)28)15-7-11-35(12-8-15)25(31)32/h1-5,7,13H,6,8-12H2,(H3,29,30)(H3,31,32)(H,33,36). The summed E-state index contributed by atoms with van der Waals surface area (Å²) in [5, 5.41) is 17.2. The highest BCUT2D eigenvalue weighted by atomic mass is 19.2. The monoisotopic (exact) mass is 497 g/mol. The molecule has 0 bridgehead atoms. The van der Waals surface area contributed by atoms with Crippen LogP contribution in [-0.2, 0) is 0 Å². The summed E-state index contributed by atoms with van der Waals surface area (Å²) in [4.78, 5) is 15.9. The molecule has 0 saturated carbocycles. The van der Waals surface area contributed by atoms with E-state index >= 15 is 0 Å². The summed E-state index contributed by atoms with van der Waals surface area (Å²) >= 11 is 0. The average molecular weight is 498 g/mol. The van der Waals surface area contributed by atoms with Gasteiger partial charge in [-0.2, -0.15) is 0 Å². The fourth-order valence-corrected chi connectivity index (χ4v) is 4.27. The maximum Gasteiger partial charge on any atom is 0.255 e. The Kier molecular flexibility index (Phi) is 7.00. The second-order valence-corrected chi connectivity index (χ2v) is 8.56. The fraction of sp³-hybridized carbons (Fsp3) is 0.240. The van der Waals surface area contributed by atoms with Crippen LogP contribution in [0.1, 0.15) is 34.3 Å². The number of carbonyl (C=O) groups is 1. The lowest BCUT2D eigenvalue weighted by atomic mass is 9.97. The average Bonchev–Trinajstić information content (AvgIpc) is 2.87. The molecule has 0 unspecified atom stereocenters. The number of hydrogen-bond donors (Lipinski definition) is 5. The molecule has 0 saturated heterocycles. The molecule has 7 N–H and O–H groups in total. The van der Waals surface area contributed by atoms with E-state index in [4.69, 9.17) is 22.3 Å². The van der Waals surface area contributed by atoms with E-state index < -0.39 is 23.4 Å². The number of amides is 1. The van der Waals surface area contributed by atoms with Gasteiger partial charge in [0.1, 0.15) is 5.82 Å². The quantitative estimate of drug-likeness (QED) is 0.326. The molecule has 0 atom stereocenters. The Morgan fingerprint density at radius 3 is 1.89 bits per heavy atom. The molecule has 4 rings (SSSR count). The number of benzene rings is 2. The number of halogens is 3. The van der Waals surface area contributed by atoms with Crippen LogP contribution < -0.4 is 16.8 Å². The van der Waals surface area contributed by atoms with E-state index in [-0.39, 0.29) is 28.7 Å². The van der Waals surface area contributed by atoms with Crippen LogP contribution in [0.2, 0.25) is 0 Å². The maximum atomic E-state index is 14.8. The molecule has 2 aliphatic rings. The summed E-state index contributed by atoms with van der Waals surface area (Å²) in [6.45, 7) is 1.60. The number of hydrogen-bond acceptors (Lipinski definition) is 3. The van der Waals surface area contributed by atoms with Crippen LogP contribution in [0.4, 0.5) is 18.9 Å². The van der Waals surface area contributed by atoms with E-state index in [9.17, 15) is 18.0 Å². The topological polar surface area (TPSA) is 135 Å². The summed E-state index contributed by atoms with van der Waals surface area (Å²) in [6, 6.07) is 6.59. The largest absolute Gasteiger partial charge is 0.370 e. The third kappa shape index (κ3) is 5.04. The third-order valence-corrected chi connectivity index (χ3v) is 6.35. The van der Waals surface area contributed by atoms with Crippen molar-refractivity contribution in [1.29, 1.82) is 10.8 Å². The van der Waals surface area contributed by atoms with Crippen LogP contribution >= 0.6 is 0 Å². The third-order valence-electron chi connectivity index (χ3n) is 6.35. The highest BCUT2D eigenvalue weighted by molar-refractivity contribution is 6.04. The van der Waals surface area contributed by atoms with Gasteiger partial charge in [0.25, 0.3) is 5.91 Å². The van der Waals surface area contributed by atoms with Crippen molar-refractivity contribution in [1.82, 2.24) is 9.80 Å². The normalized spacial score (nSPS) is 15.8. The van der Waals surface area contributed by atoms with Crippen molar-refractivity contribution in [3.63, 3.8) is 0 Å². The first kappa shape index (κ1) is 24.8. The molecular weight excluding hydrogens is 471 g/mol. The zero-order chi connectivity index (χ0) is 26.0. The van der Waals surface area contributed by atoms with Gasteiger partial charge >= 0.3 is 0 Å². The van der Waals surface area contributed by atoms with E-state index in [0.717, 1.165) is 11.6 Å². The molecule has 0 fully saturated rings. The van der Waals surface area contributed by atoms with Crippen molar-refractivity contribution in [2.45, 2.75) is 12.8 Å². The van der Waals surface area contributed by atoms with Gasteiger partial charge in [0.15, 0.2) is 23.6 Å². The van der Waals surface area contributed by atoms with Gasteiger partial charge in [-0.15, -0.1) is 0 Å². The molecule has 0 aromatic heterocycles. The molecule has 8 nitrogen and oxygen atoms in total. The Bertz CT molecular complexity index is 1300. The molecule has 0 radical (unpaired) electrons. The summed E-state index contributed by atoms with van der Waals surface area (Å²) in [7, 11) is 0. The van der Waals surface area contributed by atoms with Crippen molar-refractivity contribution < 1.29 is 18.0 Å². The minimum Gasteiger partial charge on any atom is -0.370 e. The number of guanidine groups is 2. The van der Waals surface area contributed by atoms with Gasteiger partial charge in [-0.3, -0.25) is 15.6 Å². The van der Waals surface area contributed by atoms with Crippen molar-refractivity contribution in [3.8, 4) is 0 Å². The number of rotatable bonds is 4. The number of carbonyl (C=O) groups excluding carboxylic acids is 1. The Hall–Kier alpha value is -4.28. The molecule has 2 aliphatic heterocycles. The van der Waals surface area contributed by atoms with Gasteiger partial charge in [0.05, 0.1) is 5.69 Å². The first-order valence-corrected chi connectivity index (χ1v) is 11.3. The van der Waals surface area contributed by atoms with Gasteiger partial charge in [-0.1, -0.05) is 18.2 Å². The fourth-order valence-electron chi connectivity index (χ4n) is 4.27. The van der Waals surface area contributed by atoms with Gasteiger partial charge in [-0.25, -0.2) is 13.2 Å². The highest BCUT2D eigenvalue weighted by Crippen LogP contribution is 2.30. The number of nitrogens with one attached hydrogen (secondary N) is 3. The molecule has 2 heterocycles. The molecule has 2 aromatic rings. The van der Waals surface area contributed by atoms with Crippen LogP contribution in [0.15, 0.2) is 42.5 Å². The van der Waals surface area contributed by atoms with Gasteiger partial charge in [-0.05, 0) is 48.3 Å². The second kappa shape index (κ2) is 10.1. The van der Waals surface area contributed by atoms with Gasteiger partial charge < -0.3 is 26.6 Å². The molecule has 0 spiro atoms. The Labute approximate surface area is 206 Å². The Balaban J connectivity index is 1.48.